The van der Waals surface area contributed by atoms with Gasteiger partial charge >= 0.3 is 12.1 Å². The summed E-state index contributed by atoms with van der Waals surface area (Å²) in [4.78, 5) is 45.3. The number of nitrogens with zero attached hydrogens (tertiary/aromatic N) is 1. The van der Waals surface area contributed by atoms with Gasteiger partial charge in [-0.1, -0.05) is 0 Å². The fourth-order valence-corrected chi connectivity index (χ4v) is 2.50. The van der Waals surface area contributed by atoms with E-state index in [4.69, 9.17) is 25.1 Å². The van der Waals surface area contributed by atoms with Gasteiger partial charge in [0, 0.05) is 26.1 Å². The zero-order valence-electron chi connectivity index (χ0n) is 14.9. The molecule has 4 N–H and O–H groups in total. The molecular weight excluding hydrogens is 391 g/mol. The Bertz CT molecular complexity index is 592. The van der Waals surface area contributed by atoms with Crippen LogP contribution in [0.5, 0.6) is 0 Å². The molecule has 0 aromatic carbocycles. The minimum absolute atomic E-state index is 0.0252. The highest BCUT2D eigenvalue weighted by atomic mass is 19.4. The minimum atomic E-state index is -5.08. The molecule has 0 bridgehead atoms. The van der Waals surface area contributed by atoms with Crippen LogP contribution in [0.3, 0.4) is 0 Å². The van der Waals surface area contributed by atoms with Crippen LogP contribution in [0, 0.1) is 5.41 Å². The first-order valence-corrected chi connectivity index (χ1v) is 8.29. The first-order valence-electron chi connectivity index (χ1n) is 8.29. The number of halogens is 3. The zero-order valence-corrected chi connectivity index (χ0v) is 14.9. The Balaban J connectivity index is 0.000000480. The Kier molecular flexibility index (Phi) is 8.78. The molecule has 0 radical (unpaired) electrons. The number of ether oxygens (including phenoxy) is 2. The number of likely N-dealkylation sites (tertiary alicyclic amines) is 1. The second kappa shape index (κ2) is 10.3. The van der Waals surface area contributed by atoms with Gasteiger partial charge in [-0.2, -0.15) is 13.2 Å². The maximum Gasteiger partial charge on any atom is 0.490 e. The van der Waals surface area contributed by atoms with Crippen molar-refractivity contribution in [2.24, 2.45) is 11.1 Å². The summed E-state index contributed by atoms with van der Waals surface area (Å²) in [6.45, 7) is 2.36. The van der Waals surface area contributed by atoms with Gasteiger partial charge < -0.3 is 25.2 Å². The molecule has 2 rings (SSSR count). The summed E-state index contributed by atoms with van der Waals surface area (Å²) >= 11 is 0. The fraction of sp³-hybridized carbons (Fsp3) is 0.733. The molecule has 160 valence electrons. The largest absolute Gasteiger partial charge is 0.490 e. The Morgan fingerprint density at radius 3 is 2.25 bits per heavy atom. The number of hydrogen-bond acceptors (Lipinski definition) is 7. The molecular formula is C15H22F3N3O7. The third-order valence-corrected chi connectivity index (χ3v) is 4.01. The second-order valence-electron chi connectivity index (χ2n) is 6.16. The number of hydrogen-bond donors (Lipinski definition) is 3. The van der Waals surface area contributed by atoms with Crippen molar-refractivity contribution < 1.29 is 46.9 Å². The monoisotopic (exact) mass is 413 g/mol. The first-order chi connectivity index (χ1) is 13.0. The molecule has 0 aliphatic carbocycles. The van der Waals surface area contributed by atoms with Crippen molar-refractivity contribution in [2.75, 3.05) is 46.1 Å². The number of carboxylic acid groups (broad SMARTS) is 1. The number of alkyl halides is 3. The Labute approximate surface area is 158 Å². The summed E-state index contributed by atoms with van der Waals surface area (Å²) in [5.74, 6) is -3.41. The van der Waals surface area contributed by atoms with Gasteiger partial charge in [0.15, 0.2) is 0 Å². The van der Waals surface area contributed by atoms with E-state index in [2.05, 4.69) is 5.32 Å². The number of aliphatic carboxylic acids is 1. The molecule has 2 fully saturated rings. The highest BCUT2D eigenvalue weighted by molar-refractivity contribution is 6.02. The number of nitrogens with two attached hydrogens (primary N) is 1. The van der Waals surface area contributed by atoms with Crippen molar-refractivity contribution in [3.05, 3.63) is 0 Å². The van der Waals surface area contributed by atoms with Crippen molar-refractivity contribution in [1.29, 1.82) is 0 Å². The molecule has 28 heavy (non-hydrogen) atoms. The Morgan fingerprint density at radius 1 is 1.18 bits per heavy atom. The number of amides is 3. The van der Waals surface area contributed by atoms with Crippen molar-refractivity contribution in [3.63, 3.8) is 0 Å². The summed E-state index contributed by atoms with van der Waals surface area (Å²) in [6, 6.07) is 0. The zero-order chi connectivity index (χ0) is 21.4. The van der Waals surface area contributed by atoms with Crippen LogP contribution >= 0.6 is 0 Å². The predicted octanol–water partition coefficient (Wildman–Crippen LogP) is -1.12. The van der Waals surface area contributed by atoms with Crippen LogP contribution in [-0.4, -0.2) is 85.9 Å². The number of carboxylic acids is 1. The summed E-state index contributed by atoms with van der Waals surface area (Å²) in [7, 11) is 0. The molecule has 2 aliphatic rings. The third kappa shape index (κ3) is 7.05. The molecule has 10 nitrogen and oxygen atoms in total. The van der Waals surface area contributed by atoms with Crippen LogP contribution in [0.15, 0.2) is 0 Å². The summed E-state index contributed by atoms with van der Waals surface area (Å²) < 4.78 is 42.1. The van der Waals surface area contributed by atoms with E-state index in [1.807, 2.05) is 0 Å². The average Bonchev–Trinajstić information content (AvgIpc) is 2.56. The van der Waals surface area contributed by atoms with E-state index >= 15 is 0 Å². The van der Waals surface area contributed by atoms with Crippen LogP contribution in [0.2, 0.25) is 0 Å². The molecule has 13 heteroatoms. The van der Waals surface area contributed by atoms with E-state index in [1.165, 1.54) is 0 Å². The maximum absolute atomic E-state index is 11.9. The lowest BCUT2D eigenvalue weighted by molar-refractivity contribution is -0.192. The van der Waals surface area contributed by atoms with Crippen molar-refractivity contribution in [1.82, 2.24) is 10.2 Å². The number of carbonyl (C=O) groups is 4. The third-order valence-electron chi connectivity index (χ3n) is 4.01. The highest BCUT2D eigenvalue weighted by Crippen LogP contribution is 2.37. The van der Waals surface area contributed by atoms with Gasteiger partial charge in [-0.15, -0.1) is 0 Å². The summed E-state index contributed by atoms with van der Waals surface area (Å²) in [5.41, 5.74) is 4.69. The number of imide groups is 1. The van der Waals surface area contributed by atoms with Crippen LogP contribution in [0.1, 0.15) is 12.8 Å². The molecule has 2 aliphatic heterocycles. The standard InChI is InChI=1S/C13H21N3O5.C2HF3O2/c14-3-4-20-5-6-21-7-11(18)16-8-13(9-16)2-1-10(17)15-12(13)19;3-2(4,5)1(6)7/h1-9,14H2,(H,15,17,19);(H,6,7). The molecule has 2 saturated heterocycles. The van der Waals surface area contributed by atoms with E-state index in [1.54, 1.807) is 4.90 Å². The molecule has 0 aromatic heterocycles. The quantitative estimate of drug-likeness (QED) is 0.351. The smallest absolute Gasteiger partial charge is 0.475 e. The normalized spacial score (nSPS) is 18.1. The highest BCUT2D eigenvalue weighted by Gasteiger charge is 2.52. The minimum Gasteiger partial charge on any atom is -0.475 e. The topological polar surface area (TPSA) is 148 Å². The molecule has 2 heterocycles. The average molecular weight is 413 g/mol. The SMILES string of the molecule is NCCOCCOCC(=O)N1CC2(CCC(=O)NC2=O)C1.O=C(O)C(F)(F)F. The Morgan fingerprint density at radius 2 is 1.75 bits per heavy atom. The van der Waals surface area contributed by atoms with Gasteiger partial charge in [0.25, 0.3) is 0 Å². The van der Waals surface area contributed by atoms with E-state index < -0.39 is 17.6 Å². The van der Waals surface area contributed by atoms with Crippen molar-refractivity contribution in [3.8, 4) is 0 Å². The van der Waals surface area contributed by atoms with Crippen molar-refractivity contribution in [2.45, 2.75) is 19.0 Å². The van der Waals surface area contributed by atoms with Gasteiger partial charge in [0.05, 0.1) is 25.2 Å². The molecule has 3 amide bonds. The van der Waals surface area contributed by atoms with E-state index in [0.29, 0.717) is 52.3 Å². The van der Waals surface area contributed by atoms with E-state index in [0.717, 1.165) is 0 Å². The number of rotatable bonds is 7. The van der Waals surface area contributed by atoms with Crippen molar-refractivity contribution >= 4 is 23.7 Å². The van der Waals surface area contributed by atoms with Gasteiger partial charge in [-0.3, -0.25) is 19.7 Å². The Hall–Kier alpha value is -2.25. The maximum atomic E-state index is 11.9. The first kappa shape index (κ1) is 23.8. The van der Waals surface area contributed by atoms with Gasteiger partial charge in [0.2, 0.25) is 17.7 Å². The van der Waals surface area contributed by atoms with Crippen LogP contribution in [0.25, 0.3) is 0 Å². The van der Waals surface area contributed by atoms with Crippen LogP contribution < -0.4 is 11.1 Å². The number of nitrogens with one attached hydrogen (secondary N) is 1. The van der Waals surface area contributed by atoms with Gasteiger partial charge in [-0.25, -0.2) is 4.79 Å². The molecule has 0 aromatic rings. The molecule has 1 spiro atoms. The van der Waals surface area contributed by atoms with E-state index in [9.17, 15) is 27.6 Å². The molecule has 0 unspecified atom stereocenters. The fourth-order valence-electron chi connectivity index (χ4n) is 2.50. The number of piperidine rings is 1. The lowest BCUT2D eigenvalue weighted by Crippen LogP contribution is -2.67. The molecule has 0 saturated carbocycles. The lowest BCUT2D eigenvalue weighted by Gasteiger charge is -2.50. The van der Waals surface area contributed by atoms with Gasteiger partial charge in [0.1, 0.15) is 6.61 Å². The van der Waals surface area contributed by atoms with Gasteiger partial charge in [-0.05, 0) is 6.42 Å². The second-order valence-corrected chi connectivity index (χ2v) is 6.16. The molecule has 0 atom stereocenters. The van der Waals surface area contributed by atoms with E-state index in [-0.39, 0.29) is 24.3 Å². The summed E-state index contributed by atoms with van der Waals surface area (Å²) in [6.07, 6.45) is -4.24. The van der Waals surface area contributed by atoms with Crippen LogP contribution in [-0.2, 0) is 28.7 Å². The van der Waals surface area contributed by atoms with Crippen LogP contribution in [0.4, 0.5) is 13.2 Å². The number of carbonyl (C=O) groups excluding carboxylic acids is 3. The lowest BCUT2D eigenvalue weighted by atomic mass is 9.73. The summed E-state index contributed by atoms with van der Waals surface area (Å²) in [5, 5.41) is 9.45. The predicted molar refractivity (Wildman–Crippen MR) is 85.8 cm³/mol.